The van der Waals surface area contributed by atoms with E-state index in [2.05, 4.69) is 0 Å². The summed E-state index contributed by atoms with van der Waals surface area (Å²) in [6.07, 6.45) is 0. The van der Waals surface area contributed by atoms with E-state index in [0.29, 0.717) is 12.1 Å². The molecular weight excluding hydrogens is 304 g/mol. The Morgan fingerprint density at radius 3 is 2.33 bits per heavy atom. The first-order valence-electron chi connectivity index (χ1n) is 6.33. The van der Waals surface area contributed by atoms with Crippen molar-refractivity contribution in [1.29, 1.82) is 0 Å². The fraction of sp³-hybridized carbons (Fsp3) is 0.462. The quantitative estimate of drug-likeness (QED) is 0.872. The molecule has 0 unspecified atom stereocenters. The molecule has 21 heavy (non-hydrogen) atoms. The summed E-state index contributed by atoms with van der Waals surface area (Å²) in [5, 5.41) is 8.83. The van der Waals surface area contributed by atoms with E-state index in [4.69, 9.17) is 5.11 Å². The van der Waals surface area contributed by atoms with Gasteiger partial charge in [0.25, 0.3) is 0 Å². The first-order valence-corrected chi connectivity index (χ1v) is 7.77. The summed E-state index contributed by atoms with van der Waals surface area (Å²) in [5.74, 6) is -4.62. The van der Waals surface area contributed by atoms with Crippen LogP contribution in [-0.4, -0.2) is 36.9 Å². The van der Waals surface area contributed by atoms with Crippen LogP contribution in [0.4, 0.5) is 8.78 Å². The highest BCUT2D eigenvalue weighted by Gasteiger charge is 2.30. The molecule has 8 heteroatoms. The fourth-order valence-electron chi connectivity index (χ4n) is 1.82. The molecule has 0 heterocycles. The molecule has 118 valence electrons. The van der Waals surface area contributed by atoms with E-state index in [1.807, 2.05) is 0 Å². The molecule has 1 aromatic rings. The van der Waals surface area contributed by atoms with E-state index in [9.17, 15) is 22.0 Å². The monoisotopic (exact) mass is 321 g/mol. The first-order chi connectivity index (χ1) is 9.61. The normalized spacial score (nSPS) is 12.1. The Balaban J connectivity index is 3.46. The topological polar surface area (TPSA) is 74.7 Å². The largest absolute Gasteiger partial charge is 0.478 e. The van der Waals surface area contributed by atoms with Crippen molar-refractivity contribution in [3.63, 3.8) is 0 Å². The van der Waals surface area contributed by atoms with Crippen LogP contribution in [0, 0.1) is 17.6 Å². The highest BCUT2D eigenvalue weighted by molar-refractivity contribution is 7.89. The zero-order chi connectivity index (χ0) is 16.4. The molecule has 0 aliphatic heterocycles. The molecule has 0 atom stereocenters. The van der Waals surface area contributed by atoms with Gasteiger partial charge in [-0.2, -0.15) is 4.31 Å². The number of carbonyl (C=O) groups is 1. The zero-order valence-electron chi connectivity index (χ0n) is 11.9. The van der Waals surface area contributed by atoms with Gasteiger partial charge in [0.1, 0.15) is 4.90 Å². The Morgan fingerprint density at radius 1 is 1.33 bits per heavy atom. The summed E-state index contributed by atoms with van der Waals surface area (Å²) in [4.78, 5) is 9.91. The van der Waals surface area contributed by atoms with Crippen molar-refractivity contribution in [3.05, 3.63) is 29.3 Å². The molecule has 0 radical (unpaired) electrons. The lowest BCUT2D eigenvalue weighted by Gasteiger charge is -2.22. The molecule has 1 aromatic carbocycles. The molecular formula is C13H17F2NO4S. The summed E-state index contributed by atoms with van der Waals surface area (Å²) >= 11 is 0. The van der Waals surface area contributed by atoms with Crippen LogP contribution >= 0.6 is 0 Å². The molecule has 0 amide bonds. The van der Waals surface area contributed by atoms with Crippen molar-refractivity contribution in [2.75, 3.05) is 13.1 Å². The lowest BCUT2D eigenvalue weighted by Crippen LogP contribution is -2.34. The van der Waals surface area contributed by atoms with Gasteiger partial charge in [0.2, 0.25) is 10.0 Å². The third-order valence-electron chi connectivity index (χ3n) is 2.78. The molecule has 1 rings (SSSR count). The summed E-state index contributed by atoms with van der Waals surface area (Å²) in [7, 11) is -4.30. The van der Waals surface area contributed by atoms with E-state index >= 15 is 0 Å². The Kier molecular flexibility index (Phi) is 5.41. The van der Waals surface area contributed by atoms with Crippen LogP contribution in [0.1, 0.15) is 31.1 Å². The van der Waals surface area contributed by atoms with Gasteiger partial charge in [-0.1, -0.05) is 20.8 Å². The second-order valence-electron chi connectivity index (χ2n) is 4.92. The van der Waals surface area contributed by atoms with Gasteiger partial charge in [0.05, 0.1) is 5.56 Å². The van der Waals surface area contributed by atoms with Crippen molar-refractivity contribution >= 4 is 16.0 Å². The van der Waals surface area contributed by atoms with E-state index < -0.39 is 38.1 Å². The van der Waals surface area contributed by atoms with Gasteiger partial charge in [-0.05, 0) is 18.1 Å². The lowest BCUT2D eigenvalue weighted by molar-refractivity contribution is 0.0696. The molecule has 0 aromatic heterocycles. The minimum Gasteiger partial charge on any atom is -0.478 e. The Bertz CT molecular complexity index is 644. The molecule has 0 spiro atoms. The number of halogens is 2. The number of hydrogen-bond acceptors (Lipinski definition) is 3. The number of benzene rings is 1. The lowest BCUT2D eigenvalue weighted by atomic mass is 10.2. The molecule has 1 N–H and O–H groups in total. The maximum Gasteiger partial charge on any atom is 0.335 e. The summed E-state index contributed by atoms with van der Waals surface area (Å²) in [6.45, 7) is 5.32. The van der Waals surface area contributed by atoms with Gasteiger partial charge in [0.15, 0.2) is 11.6 Å². The number of carboxylic acid groups (broad SMARTS) is 1. The van der Waals surface area contributed by atoms with Gasteiger partial charge in [-0.3, -0.25) is 0 Å². The van der Waals surface area contributed by atoms with Crippen molar-refractivity contribution in [2.24, 2.45) is 5.92 Å². The van der Waals surface area contributed by atoms with Crippen molar-refractivity contribution in [3.8, 4) is 0 Å². The minimum atomic E-state index is -4.30. The van der Waals surface area contributed by atoms with Crippen molar-refractivity contribution < 1.29 is 27.1 Å². The number of carboxylic acids is 1. The maximum absolute atomic E-state index is 13.8. The van der Waals surface area contributed by atoms with Gasteiger partial charge < -0.3 is 5.11 Å². The molecule has 0 aliphatic carbocycles. The van der Waals surface area contributed by atoms with Crippen LogP contribution in [0.3, 0.4) is 0 Å². The van der Waals surface area contributed by atoms with Crippen LogP contribution in [0.15, 0.2) is 17.0 Å². The number of nitrogens with zero attached hydrogens (tertiary/aromatic N) is 1. The number of hydrogen-bond donors (Lipinski definition) is 1. The number of rotatable bonds is 6. The third-order valence-corrected chi connectivity index (χ3v) is 4.72. The minimum absolute atomic E-state index is 0.0183. The van der Waals surface area contributed by atoms with Gasteiger partial charge in [-0.25, -0.2) is 22.0 Å². The van der Waals surface area contributed by atoms with E-state index in [1.165, 1.54) is 0 Å². The predicted octanol–water partition coefficient (Wildman–Crippen LogP) is 2.33. The van der Waals surface area contributed by atoms with Gasteiger partial charge >= 0.3 is 5.97 Å². The Hall–Kier alpha value is -1.54. The number of aromatic carboxylic acids is 1. The summed E-state index contributed by atoms with van der Waals surface area (Å²) in [5.41, 5.74) is -0.618. The maximum atomic E-state index is 13.8. The summed E-state index contributed by atoms with van der Waals surface area (Å²) < 4.78 is 53.0. The van der Waals surface area contributed by atoms with Crippen LogP contribution < -0.4 is 0 Å². The van der Waals surface area contributed by atoms with Gasteiger partial charge in [0, 0.05) is 13.1 Å². The van der Waals surface area contributed by atoms with E-state index in [0.717, 1.165) is 4.31 Å². The number of sulfonamides is 1. The highest BCUT2D eigenvalue weighted by Crippen LogP contribution is 2.24. The first kappa shape index (κ1) is 17.5. The average Bonchev–Trinajstić information content (AvgIpc) is 2.37. The average molecular weight is 321 g/mol. The van der Waals surface area contributed by atoms with Crippen LogP contribution in [-0.2, 0) is 10.0 Å². The van der Waals surface area contributed by atoms with Gasteiger partial charge in [-0.15, -0.1) is 0 Å². The molecule has 5 nitrogen and oxygen atoms in total. The van der Waals surface area contributed by atoms with Crippen LogP contribution in [0.5, 0.6) is 0 Å². The predicted molar refractivity (Wildman–Crippen MR) is 72.6 cm³/mol. The molecule has 0 saturated carbocycles. The third kappa shape index (κ3) is 3.76. The van der Waals surface area contributed by atoms with E-state index in [-0.39, 0.29) is 19.0 Å². The second kappa shape index (κ2) is 6.48. The second-order valence-corrected chi connectivity index (χ2v) is 6.83. The molecule has 0 saturated heterocycles. The molecule has 0 fully saturated rings. The van der Waals surface area contributed by atoms with Crippen LogP contribution in [0.25, 0.3) is 0 Å². The highest BCUT2D eigenvalue weighted by atomic mass is 32.2. The molecule has 0 bridgehead atoms. The zero-order valence-corrected chi connectivity index (χ0v) is 12.7. The SMILES string of the molecule is CCN(CC(C)C)S(=O)(=O)c1cc(C(=O)O)cc(F)c1F. The smallest absolute Gasteiger partial charge is 0.335 e. The standard InChI is InChI=1S/C13H17F2NO4S/c1-4-16(7-8(2)3)21(19,20)11-6-9(13(17)18)5-10(14)12(11)15/h5-6,8H,4,7H2,1-3H3,(H,17,18). The Labute approximate surface area is 122 Å². The van der Waals surface area contributed by atoms with E-state index in [1.54, 1.807) is 20.8 Å². The summed E-state index contributed by atoms with van der Waals surface area (Å²) in [6, 6.07) is 1.09. The molecule has 0 aliphatic rings. The van der Waals surface area contributed by atoms with Crippen molar-refractivity contribution in [1.82, 2.24) is 4.31 Å². The van der Waals surface area contributed by atoms with Crippen molar-refractivity contribution in [2.45, 2.75) is 25.7 Å². The fourth-order valence-corrected chi connectivity index (χ4v) is 3.53. The van der Waals surface area contributed by atoms with Crippen LogP contribution in [0.2, 0.25) is 0 Å². The Morgan fingerprint density at radius 2 is 1.90 bits per heavy atom.